The highest BCUT2D eigenvalue weighted by atomic mass is 14.3. The molecule has 0 aliphatic carbocycles. The van der Waals surface area contributed by atoms with Gasteiger partial charge in [0, 0.05) is 0 Å². The molecule has 0 fully saturated rings. The zero-order valence-corrected chi connectivity index (χ0v) is 19.8. The predicted molar refractivity (Wildman–Crippen MR) is 134 cm³/mol. The van der Waals surface area contributed by atoms with E-state index in [1.165, 1.54) is 66.1 Å². The third kappa shape index (κ3) is 2.97. The van der Waals surface area contributed by atoms with E-state index in [4.69, 9.17) is 0 Å². The minimum absolute atomic E-state index is 0.454. The van der Waals surface area contributed by atoms with Gasteiger partial charge in [-0.1, -0.05) is 76.2 Å². The van der Waals surface area contributed by atoms with E-state index in [1.807, 2.05) is 0 Å². The predicted octanol–water partition coefficient (Wildman–Crippen LogP) is 9.14. The van der Waals surface area contributed by atoms with E-state index in [0.29, 0.717) is 11.8 Å². The first-order valence-electron chi connectivity index (χ1n) is 11.3. The first-order valence-corrected chi connectivity index (χ1v) is 11.3. The monoisotopic (exact) mass is 394 g/mol. The fourth-order valence-electron chi connectivity index (χ4n) is 5.39. The van der Waals surface area contributed by atoms with E-state index in [-0.39, 0.29) is 0 Å². The molecular weight excluding hydrogens is 360 g/mol. The van der Waals surface area contributed by atoms with Crippen LogP contribution in [0.2, 0.25) is 0 Å². The van der Waals surface area contributed by atoms with Gasteiger partial charge in [0.1, 0.15) is 0 Å². The van der Waals surface area contributed by atoms with Gasteiger partial charge in [-0.15, -0.1) is 0 Å². The van der Waals surface area contributed by atoms with Crippen LogP contribution < -0.4 is 0 Å². The van der Waals surface area contributed by atoms with E-state index in [9.17, 15) is 0 Å². The van der Waals surface area contributed by atoms with E-state index in [2.05, 4.69) is 104 Å². The Bertz CT molecular complexity index is 1170. The minimum atomic E-state index is 0.454. The molecule has 0 saturated heterocycles. The van der Waals surface area contributed by atoms with Gasteiger partial charge in [0.2, 0.25) is 0 Å². The first kappa shape index (κ1) is 20.7. The van der Waals surface area contributed by atoms with Crippen molar-refractivity contribution in [3.05, 3.63) is 81.9 Å². The third-order valence-electron chi connectivity index (χ3n) is 7.06. The Morgan fingerprint density at radius 3 is 1.03 bits per heavy atom. The summed E-state index contributed by atoms with van der Waals surface area (Å²) in [7, 11) is 0. The Kier molecular flexibility index (Phi) is 5.22. The molecule has 154 valence electrons. The van der Waals surface area contributed by atoms with Crippen LogP contribution >= 0.6 is 0 Å². The van der Waals surface area contributed by atoms with Crippen molar-refractivity contribution in [2.24, 2.45) is 0 Å². The quantitative estimate of drug-likeness (QED) is 0.325. The largest absolute Gasteiger partial charge is 0.0616 e. The molecular formula is C30H34. The number of aryl methyl sites for hydroxylation is 2. The summed E-state index contributed by atoms with van der Waals surface area (Å²) in [5.41, 5.74) is 11.6. The zero-order valence-electron chi connectivity index (χ0n) is 19.8. The van der Waals surface area contributed by atoms with E-state index in [0.717, 1.165) is 0 Å². The van der Waals surface area contributed by atoms with Crippen LogP contribution in [0.15, 0.2) is 48.5 Å². The van der Waals surface area contributed by atoms with Gasteiger partial charge in [0.25, 0.3) is 0 Å². The van der Waals surface area contributed by atoms with Crippen LogP contribution in [0.25, 0.3) is 32.7 Å². The molecule has 0 atom stereocenters. The van der Waals surface area contributed by atoms with Gasteiger partial charge < -0.3 is 0 Å². The van der Waals surface area contributed by atoms with Crippen LogP contribution in [0.4, 0.5) is 0 Å². The number of fused-ring (bicyclic) bond motifs is 2. The van der Waals surface area contributed by atoms with Gasteiger partial charge in [-0.3, -0.25) is 0 Å². The molecule has 4 aromatic rings. The van der Waals surface area contributed by atoms with Gasteiger partial charge in [0.05, 0.1) is 0 Å². The fraction of sp³-hybridized carbons (Fsp3) is 0.333. The van der Waals surface area contributed by atoms with E-state index >= 15 is 0 Å². The van der Waals surface area contributed by atoms with Crippen LogP contribution in [-0.4, -0.2) is 0 Å². The second kappa shape index (κ2) is 7.58. The lowest BCUT2D eigenvalue weighted by Gasteiger charge is -2.28. The van der Waals surface area contributed by atoms with Crippen LogP contribution in [0, 0.1) is 27.7 Å². The maximum atomic E-state index is 2.35. The second-order valence-electron chi connectivity index (χ2n) is 9.48. The summed E-state index contributed by atoms with van der Waals surface area (Å²) in [5, 5.41) is 5.60. The minimum Gasteiger partial charge on any atom is -0.0616 e. The van der Waals surface area contributed by atoms with Crippen molar-refractivity contribution >= 4 is 21.5 Å². The van der Waals surface area contributed by atoms with Gasteiger partial charge in [-0.2, -0.15) is 0 Å². The second-order valence-corrected chi connectivity index (χ2v) is 9.48. The van der Waals surface area contributed by atoms with Crippen LogP contribution in [-0.2, 0) is 0 Å². The lowest BCUT2D eigenvalue weighted by atomic mass is 9.76. The Balaban J connectivity index is 2.30. The van der Waals surface area contributed by atoms with Gasteiger partial charge in [-0.25, -0.2) is 0 Å². The molecule has 0 radical (unpaired) electrons. The topological polar surface area (TPSA) is 0 Å². The molecule has 4 aromatic carbocycles. The molecule has 0 spiro atoms. The molecule has 0 amide bonds. The summed E-state index contributed by atoms with van der Waals surface area (Å²) >= 11 is 0. The molecule has 0 N–H and O–H groups in total. The first-order chi connectivity index (χ1) is 14.3. The SMILES string of the molecule is Cc1c(-c2c(C)c(C)c3ccccc3c2C(C)C)c(C(C)C)c2ccccc2c1C. The van der Waals surface area contributed by atoms with Crippen LogP contribution in [0.3, 0.4) is 0 Å². The smallest absolute Gasteiger partial charge is 0.0105 e. The molecule has 0 saturated carbocycles. The Morgan fingerprint density at radius 2 is 0.733 bits per heavy atom. The standard InChI is InChI=1S/C30H34/c1-17(2)27-25-15-11-9-13-23(25)19(5)21(7)29(27)30-22(8)20(6)24-14-10-12-16-26(24)28(30)18(3)4/h9-18H,1-8H3. The number of hydrogen-bond acceptors (Lipinski definition) is 0. The van der Waals surface area contributed by atoms with Crippen molar-refractivity contribution < 1.29 is 0 Å². The summed E-state index contributed by atoms with van der Waals surface area (Å²) in [4.78, 5) is 0. The average molecular weight is 395 g/mol. The highest BCUT2D eigenvalue weighted by Gasteiger charge is 2.25. The van der Waals surface area contributed by atoms with Crippen LogP contribution in [0.5, 0.6) is 0 Å². The molecule has 0 bridgehead atoms. The summed E-state index contributed by atoms with van der Waals surface area (Å²) in [6.07, 6.45) is 0. The maximum Gasteiger partial charge on any atom is -0.0105 e. The Hall–Kier alpha value is -2.60. The van der Waals surface area contributed by atoms with Gasteiger partial charge in [-0.05, 0) is 106 Å². The van der Waals surface area contributed by atoms with Crippen molar-refractivity contribution in [3.63, 3.8) is 0 Å². The Morgan fingerprint density at radius 1 is 0.433 bits per heavy atom. The van der Waals surface area contributed by atoms with E-state index < -0.39 is 0 Å². The lowest BCUT2D eigenvalue weighted by Crippen LogP contribution is -2.06. The average Bonchev–Trinajstić information content (AvgIpc) is 2.72. The summed E-state index contributed by atoms with van der Waals surface area (Å²) < 4.78 is 0. The van der Waals surface area contributed by atoms with Crippen molar-refractivity contribution in [3.8, 4) is 11.1 Å². The number of benzene rings is 4. The summed E-state index contributed by atoms with van der Waals surface area (Å²) in [6.45, 7) is 18.6. The molecule has 0 heterocycles. The molecule has 30 heavy (non-hydrogen) atoms. The molecule has 0 aliphatic rings. The van der Waals surface area contributed by atoms with Gasteiger partial charge >= 0.3 is 0 Å². The third-order valence-corrected chi connectivity index (χ3v) is 7.06. The molecule has 0 unspecified atom stereocenters. The molecule has 0 heteroatoms. The summed E-state index contributed by atoms with van der Waals surface area (Å²) in [6, 6.07) is 17.9. The van der Waals surface area contributed by atoms with Crippen molar-refractivity contribution in [2.45, 2.75) is 67.2 Å². The van der Waals surface area contributed by atoms with Crippen molar-refractivity contribution in [1.82, 2.24) is 0 Å². The maximum absolute atomic E-state index is 2.35. The van der Waals surface area contributed by atoms with E-state index in [1.54, 1.807) is 0 Å². The van der Waals surface area contributed by atoms with Crippen LogP contribution in [0.1, 0.15) is 72.9 Å². The normalized spacial score (nSPS) is 11.9. The molecule has 0 aromatic heterocycles. The van der Waals surface area contributed by atoms with Crippen molar-refractivity contribution in [2.75, 3.05) is 0 Å². The summed E-state index contributed by atoms with van der Waals surface area (Å²) in [5.74, 6) is 0.908. The molecule has 4 rings (SSSR count). The van der Waals surface area contributed by atoms with Crippen molar-refractivity contribution in [1.29, 1.82) is 0 Å². The Labute approximate surface area is 182 Å². The molecule has 0 nitrogen and oxygen atoms in total. The molecule has 0 aliphatic heterocycles. The number of rotatable bonds is 3. The van der Waals surface area contributed by atoms with Gasteiger partial charge in [0.15, 0.2) is 0 Å². The highest BCUT2D eigenvalue weighted by molar-refractivity contribution is 6.02. The highest BCUT2D eigenvalue weighted by Crippen LogP contribution is 2.47. The zero-order chi connectivity index (χ0) is 21.7. The lowest BCUT2D eigenvalue weighted by molar-refractivity contribution is 0.863. The number of hydrogen-bond donors (Lipinski definition) is 0. The fourth-order valence-corrected chi connectivity index (χ4v) is 5.39.